The summed E-state index contributed by atoms with van der Waals surface area (Å²) in [6.07, 6.45) is 0. The lowest BCUT2D eigenvalue weighted by Gasteiger charge is -2.18. The molecule has 2 aromatic carbocycles. The highest BCUT2D eigenvalue weighted by Gasteiger charge is 2.19. The molecule has 0 bridgehead atoms. The summed E-state index contributed by atoms with van der Waals surface area (Å²) < 4.78 is 5.11. The van der Waals surface area contributed by atoms with Crippen LogP contribution >= 0.6 is 0 Å². The second kappa shape index (κ2) is 8.38. The van der Waals surface area contributed by atoms with Crippen molar-refractivity contribution in [3.05, 3.63) is 53.6 Å². The summed E-state index contributed by atoms with van der Waals surface area (Å²) in [6, 6.07) is 11.9. The van der Waals surface area contributed by atoms with Crippen molar-refractivity contribution in [2.75, 3.05) is 26.0 Å². The monoisotopic (exact) mass is 356 g/mol. The lowest BCUT2D eigenvalue weighted by Crippen LogP contribution is -2.35. The lowest BCUT2D eigenvalue weighted by molar-refractivity contribution is -0.116. The van der Waals surface area contributed by atoms with Gasteiger partial charge in [-0.25, -0.2) is 0 Å². The van der Waals surface area contributed by atoms with Crippen molar-refractivity contribution in [1.29, 1.82) is 0 Å². The van der Waals surface area contributed by atoms with Gasteiger partial charge in [-0.1, -0.05) is 26.0 Å². The average Bonchev–Trinajstić information content (AvgIpc) is 2.60. The third kappa shape index (κ3) is 4.75. The molecule has 0 heterocycles. The number of hydrogen-bond acceptors (Lipinski definition) is 4. The van der Waals surface area contributed by atoms with Crippen LogP contribution < -0.4 is 10.1 Å². The summed E-state index contributed by atoms with van der Waals surface area (Å²) >= 11 is 0. The zero-order valence-corrected chi connectivity index (χ0v) is 15.4. The van der Waals surface area contributed by atoms with Crippen molar-refractivity contribution in [3.8, 4) is 11.5 Å². The number of benzene rings is 2. The van der Waals surface area contributed by atoms with Crippen molar-refractivity contribution in [2.45, 2.75) is 19.8 Å². The third-order valence-electron chi connectivity index (χ3n) is 4.00. The first kappa shape index (κ1) is 19.3. The van der Waals surface area contributed by atoms with E-state index in [1.54, 1.807) is 43.5 Å². The maximum Gasteiger partial charge on any atom is 0.257 e. The van der Waals surface area contributed by atoms with Crippen LogP contribution in [0.25, 0.3) is 0 Å². The predicted octanol–water partition coefficient (Wildman–Crippen LogP) is 3.23. The van der Waals surface area contributed by atoms with Gasteiger partial charge in [-0.3, -0.25) is 9.59 Å². The number of aromatic hydroxyl groups is 1. The highest BCUT2D eigenvalue weighted by atomic mass is 16.5. The van der Waals surface area contributed by atoms with E-state index >= 15 is 0 Å². The lowest BCUT2D eigenvalue weighted by atomic mass is 10.0. The highest BCUT2D eigenvalue weighted by Crippen LogP contribution is 2.24. The molecule has 2 N–H and O–H groups in total. The van der Waals surface area contributed by atoms with Gasteiger partial charge in [0.05, 0.1) is 19.2 Å². The number of hydrogen-bond donors (Lipinski definition) is 2. The minimum absolute atomic E-state index is 0.0822. The summed E-state index contributed by atoms with van der Waals surface area (Å²) in [5.41, 5.74) is 1.70. The second-order valence-electron chi connectivity index (χ2n) is 6.37. The molecule has 6 nitrogen and oxygen atoms in total. The molecule has 0 spiro atoms. The third-order valence-corrected chi connectivity index (χ3v) is 4.00. The van der Waals surface area contributed by atoms with Gasteiger partial charge in [0.25, 0.3) is 5.91 Å². The summed E-state index contributed by atoms with van der Waals surface area (Å²) in [6.45, 7) is 3.87. The molecule has 0 fully saturated rings. The van der Waals surface area contributed by atoms with Crippen LogP contribution in [0.15, 0.2) is 42.5 Å². The number of rotatable bonds is 6. The number of anilines is 1. The molecule has 0 aliphatic heterocycles. The van der Waals surface area contributed by atoms with Crippen LogP contribution in [0.3, 0.4) is 0 Å². The fourth-order valence-corrected chi connectivity index (χ4v) is 2.48. The van der Waals surface area contributed by atoms with E-state index in [1.807, 2.05) is 19.9 Å². The molecule has 2 aromatic rings. The molecule has 0 saturated heterocycles. The molecule has 0 aliphatic rings. The Morgan fingerprint density at radius 1 is 1.19 bits per heavy atom. The number of carbonyl (C=O) groups is 2. The highest BCUT2D eigenvalue weighted by molar-refractivity contribution is 6.00. The smallest absolute Gasteiger partial charge is 0.257 e. The number of methoxy groups -OCH3 is 1. The topological polar surface area (TPSA) is 78.9 Å². The van der Waals surface area contributed by atoms with Gasteiger partial charge in [-0.15, -0.1) is 0 Å². The van der Waals surface area contributed by atoms with Gasteiger partial charge >= 0.3 is 0 Å². The molecule has 0 radical (unpaired) electrons. The molecule has 6 heteroatoms. The van der Waals surface area contributed by atoms with Gasteiger partial charge in [0.15, 0.2) is 0 Å². The molecule has 0 aromatic heterocycles. The Morgan fingerprint density at radius 3 is 2.54 bits per heavy atom. The van der Waals surface area contributed by atoms with Gasteiger partial charge in [0, 0.05) is 18.8 Å². The van der Waals surface area contributed by atoms with Gasteiger partial charge in [0.2, 0.25) is 5.91 Å². The Kier molecular flexibility index (Phi) is 6.22. The maximum absolute atomic E-state index is 12.5. The molecule has 0 aliphatic carbocycles. The molecular weight excluding hydrogens is 332 g/mol. The van der Waals surface area contributed by atoms with E-state index in [0.717, 1.165) is 5.56 Å². The van der Waals surface area contributed by atoms with E-state index in [-0.39, 0.29) is 29.7 Å². The zero-order chi connectivity index (χ0) is 19.3. The first-order valence-corrected chi connectivity index (χ1v) is 8.34. The summed E-state index contributed by atoms with van der Waals surface area (Å²) in [4.78, 5) is 25.9. The summed E-state index contributed by atoms with van der Waals surface area (Å²) in [5, 5.41) is 12.8. The number of carbonyl (C=O) groups excluding carboxylic acids is 2. The molecule has 138 valence electrons. The fourth-order valence-electron chi connectivity index (χ4n) is 2.48. The molecule has 2 rings (SSSR count). The van der Waals surface area contributed by atoms with E-state index in [1.165, 1.54) is 11.9 Å². The van der Waals surface area contributed by atoms with Crippen LogP contribution in [0.2, 0.25) is 0 Å². The average molecular weight is 356 g/mol. The van der Waals surface area contributed by atoms with Crippen LogP contribution in [-0.4, -0.2) is 42.5 Å². The molecule has 2 amide bonds. The van der Waals surface area contributed by atoms with Gasteiger partial charge < -0.3 is 20.1 Å². The Morgan fingerprint density at radius 2 is 1.92 bits per heavy atom. The normalized spacial score (nSPS) is 10.5. The summed E-state index contributed by atoms with van der Waals surface area (Å²) in [5.74, 6) is 0.0334. The molecular formula is C20H24N2O4. The van der Waals surface area contributed by atoms with Crippen LogP contribution in [0.4, 0.5) is 5.69 Å². The Balaban J connectivity index is 2.03. The Hall–Kier alpha value is -3.02. The first-order valence-electron chi connectivity index (χ1n) is 8.34. The Labute approximate surface area is 153 Å². The largest absolute Gasteiger partial charge is 0.507 e. The van der Waals surface area contributed by atoms with Crippen molar-refractivity contribution in [1.82, 2.24) is 4.90 Å². The van der Waals surface area contributed by atoms with Crippen LogP contribution in [0.5, 0.6) is 11.5 Å². The number of ether oxygens (including phenoxy) is 1. The predicted molar refractivity (Wildman–Crippen MR) is 101 cm³/mol. The van der Waals surface area contributed by atoms with Crippen molar-refractivity contribution in [3.63, 3.8) is 0 Å². The van der Waals surface area contributed by atoms with Gasteiger partial charge in [-0.05, 0) is 35.7 Å². The second-order valence-corrected chi connectivity index (χ2v) is 6.37. The first-order chi connectivity index (χ1) is 12.3. The molecule has 26 heavy (non-hydrogen) atoms. The number of nitrogens with one attached hydrogen (secondary N) is 1. The Bertz CT molecular complexity index is 802. The quantitative estimate of drug-likeness (QED) is 0.833. The van der Waals surface area contributed by atoms with Crippen LogP contribution in [0, 0.1) is 0 Å². The SMILES string of the molecule is COc1cccc(NC(=O)CN(C)C(=O)c2ccc(C(C)C)cc2O)c1. The number of likely N-dealkylation sites (N-methyl/N-ethyl adjacent to an activating group) is 1. The minimum atomic E-state index is -0.418. The van der Waals surface area contributed by atoms with E-state index in [0.29, 0.717) is 11.4 Å². The van der Waals surface area contributed by atoms with Crippen LogP contribution in [-0.2, 0) is 4.79 Å². The number of amides is 2. The molecule has 0 saturated carbocycles. The van der Waals surface area contributed by atoms with Crippen molar-refractivity contribution in [2.24, 2.45) is 0 Å². The van der Waals surface area contributed by atoms with Gasteiger partial charge in [0.1, 0.15) is 11.5 Å². The van der Waals surface area contributed by atoms with E-state index in [9.17, 15) is 14.7 Å². The number of nitrogens with zero attached hydrogens (tertiary/aromatic N) is 1. The molecule has 0 atom stereocenters. The summed E-state index contributed by atoms with van der Waals surface area (Å²) in [7, 11) is 3.06. The maximum atomic E-state index is 12.5. The van der Waals surface area contributed by atoms with Crippen molar-refractivity contribution >= 4 is 17.5 Å². The number of phenols is 1. The van der Waals surface area contributed by atoms with E-state index < -0.39 is 5.91 Å². The van der Waals surface area contributed by atoms with E-state index in [2.05, 4.69) is 5.32 Å². The zero-order valence-electron chi connectivity index (χ0n) is 15.4. The number of phenolic OH excluding ortho intramolecular Hbond substituents is 1. The molecule has 0 unspecified atom stereocenters. The van der Waals surface area contributed by atoms with E-state index in [4.69, 9.17) is 4.74 Å². The standard InChI is InChI=1S/C20H24N2O4/c1-13(2)14-8-9-17(18(23)10-14)20(25)22(3)12-19(24)21-15-6-5-7-16(11-15)26-4/h5-11,13,23H,12H2,1-4H3,(H,21,24). The minimum Gasteiger partial charge on any atom is -0.507 e. The fraction of sp³-hybridized carbons (Fsp3) is 0.300. The van der Waals surface area contributed by atoms with Gasteiger partial charge in [-0.2, -0.15) is 0 Å². The van der Waals surface area contributed by atoms with Crippen LogP contribution in [0.1, 0.15) is 35.7 Å². The van der Waals surface area contributed by atoms with Crippen molar-refractivity contribution < 1.29 is 19.4 Å².